The number of esters is 1. The number of carbonyl (C=O) groups is 1. The van der Waals surface area contributed by atoms with Crippen LogP contribution in [0.2, 0.25) is 0 Å². The fourth-order valence-electron chi connectivity index (χ4n) is 1.63. The van der Waals surface area contributed by atoms with Crippen molar-refractivity contribution in [3.05, 3.63) is 0 Å². The van der Waals surface area contributed by atoms with Gasteiger partial charge in [-0.3, -0.25) is 0 Å². The van der Waals surface area contributed by atoms with E-state index in [-0.39, 0.29) is 18.2 Å². The van der Waals surface area contributed by atoms with Gasteiger partial charge in [0.15, 0.2) is 6.10 Å². The van der Waals surface area contributed by atoms with Gasteiger partial charge in [-0.15, -0.1) is 0 Å². The average Bonchev–Trinajstić information content (AvgIpc) is 2.90. The van der Waals surface area contributed by atoms with Gasteiger partial charge in [0, 0.05) is 6.54 Å². The molecule has 0 bridgehead atoms. The van der Waals surface area contributed by atoms with Crippen molar-refractivity contribution in [1.82, 2.24) is 0 Å². The molecule has 4 heteroatoms. The topological polar surface area (TPSA) is 61.6 Å². The molecular formula is C10H17NO3. The van der Waals surface area contributed by atoms with Crippen molar-refractivity contribution >= 4 is 5.97 Å². The highest BCUT2D eigenvalue weighted by molar-refractivity contribution is 5.75. The van der Waals surface area contributed by atoms with Gasteiger partial charge in [0.05, 0.1) is 12.7 Å². The fraction of sp³-hybridized carbons (Fsp3) is 0.900. The number of hydrogen-bond acceptors (Lipinski definition) is 4. The Morgan fingerprint density at radius 3 is 2.71 bits per heavy atom. The van der Waals surface area contributed by atoms with Crippen LogP contribution < -0.4 is 5.73 Å². The average molecular weight is 199 g/mol. The van der Waals surface area contributed by atoms with Crippen molar-refractivity contribution in [1.29, 1.82) is 0 Å². The molecule has 2 rings (SSSR count). The molecule has 0 amide bonds. The van der Waals surface area contributed by atoms with Crippen molar-refractivity contribution in [3.8, 4) is 0 Å². The first-order valence-corrected chi connectivity index (χ1v) is 5.31. The van der Waals surface area contributed by atoms with E-state index in [0.29, 0.717) is 19.1 Å². The molecule has 1 saturated carbocycles. The van der Waals surface area contributed by atoms with Crippen LogP contribution in [0.3, 0.4) is 0 Å². The lowest BCUT2D eigenvalue weighted by Gasteiger charge is -2.11. The standard InChI is InChI=1S/C10H17NO3/c11-5-8-3-4-9(14-8)10(12)13-6-7-1-2-7/h7-9H,1-6,11H2. The minimum absolute atomic E-state index is 0.0495. The largest absolute Gasteiger partial charge is 0.463 e. The molecule has 2 atom stereocenters. The molecule has 2 aliphatic rings. The summed E-state index contributed by atoms with van der Waals surface area (Å²) in [6.07, 6.45) is 3.72. The summed E-state index contributed by atoms with van der Waals surface area (Å²) in [5.41, 5.74) is 5.45. The first-order valence-electron chi connectivity index (χ1n) is 5.31. The molecule has 1 saturated heterocycles. The number of ether oxygens (including phenoxy) is 2. The summed E-state index contributed by atoms with van der Waals surface area (Å²) in [5.74, 6) is 0.415. The summed E-state index contributed by atoms with van der Waals surface area (Å²) in [5, 5.41) is 0. The first-order chi connectivity index (χ1) is 6.79. The van der Waals surface area contributed by atoms with Crippen LogP contribution in [0.15, 0.2) is 0 Å². The summed E-state index contributed by atoms with van der Waals surface area (Å²) < 4.78 is 10.6. The number of hydrogen-bond donors (Lipinski definition) is 1. The maximum absolute atomic E-state index is 11.5. The van der Waals surface area contributed by atoms with Crippen molar-refractivity contribution < 1.29 is 14.3 Å². The lowest BCUT2D eigenvalue weighted by molar-refractivity contribution is -0.156. The summed E-state index contributed by atoms with van der Waals surface area (Å²) in [6.45, 7) is 1.07. The zero-order chi connectivity index (χ0) is 9.97. The van der Waals surface area contributed by atoms with Gasteiger partial charge >= 0.3 is 5.97 Å². The second kappa shape index (κ2) is 4.28. The predicted octanol–water partition coefficient (Wildman–Crippen LogP) is 0.446. The van der Waals surface area contributed by atoms with E-state index in [1.54, 1.807) is 0 Å². The molecule has 0 aromatic heterocycles. The Morgan fingerprint density at radius 1 is 1.36 bits per heavy atom. The Hall–Kier alpha value is -0.610. The maximum atomic E-state index is 11.5. The molecule has 2 fully saturated rings. The highest BCUT2D eigenvalue weighted by Crippen LogP contribution is 2.29. The monoisotopic (exact) mass is 199 g/mol. The molecule has 14 heavy (non-hydrogen) atoms. The molecule has 80 valence electrons. The zero-order valence-corrected chi connectivity index (χ0v) is 8.28. The molecule has 1 heterocycles. The Morgan fingerprint density at radius 2 is 2.14 bits per heavy atom. The van der Waals surface area contributed by atoms with E-state index in [9.17, 15) is 4.79 Å². The van der Waals surface area contributed by atoms with Crippen molar-refractivity contribution in [2.45, 2.75) is 37.9 Å². The lowest BCUT2D eigenvalue weighted by atomic mass is 10.2. The first kappa shape index (κ1) is 9.93. The van der Waals surface area contributed by atoms with Crippen LogP contribution in [-0.4, -0.2) is 31.3 Å². The predicted molar refractivity (Wildman–Crippen MR) is 50.6 cm³/mol. The molecule has 1 aliphatic carbocycles. The van der Waals surface area contributed by atoms with E-state index in [1.807, 2.05) is 0 Å². The van der Waals surface area contributed by atoms with Gasteiger partial charge in [-0.1, -0.05) is 0 Å². The molecule has 1 aliphatic heterocycles. The summed E-state index contributed by atoms with van der Waals surface area (Å²) in [4.78, 5) is 11.5. The van der Waals surface area contributed by atoms with E-state index in [0.717, 1.165) is 12.8 Å². The van der Waals surface area contributed by atoms with Gasteiger partial charge in [0.25, 0.3) is 0 Å². The van der Waals surface area contributed by atoms with E-state index in [1.165, 1.54) is 12.8 Å². The van der Waals surface area contributed by atoms with Gasteiger partial charge < -0.3 is 15.2 Å². The van der Waals surface area contributed by atoms with Gasteiger partial charge in [0.2, 0.25) is 0 Å². The lowest BCUT2D eigenvalue weighted by Crippen LogP contribution is -2.27. The second-order valence-electron chi connectivity index (χ2n) is 4.13. The molecule has 4 nitrogen and oxygen atoms in total. The highest BCUT2D eigenvalue weighted by Gasteiger charge is 2.32. The van der Waals surface area contributed by atoms with Crippen LogP contribution in [0.1, 0.15) is 25.7 Å². The molecule has 0 radical (unpaired) electrons. The van der Waals surface area contributed by atoms with Gasteiger partial charge in [-0.2, -0.15) is 0 Å². The third-order valence-electron chi connectivity index (χ3n) is 2.79. The normalized spacial score (nSPS) is 31.8. The number of carbonyl (C=O) groups excluding carboxylic acids is 1. The van der Waals surface area contributed by atoms with Crippen LogP contribution >= 0.6 is 0 Å². The van der Waals surface area contributed by atoms with Crippen LogP contribution in [0.5, 0.6) is 0 Å². The van der Waals surface area contributed by atoms with E-state index < -0.39 is 0 Å². The number of rotatable bonds is 4. The molecule has 2 unspecified atom stereocenters. The van der Waals surface area contributed by atoms with Crippen molar-refractivity contribution in [3.63, 3.8) is 0 Å². The smallest absolute Gasteiger partial charge is 0.335 e. The van der Waals surface area contributed by atoms with Crippen LogP contribution in [-0.2, 0) is 14.3 Å². The van der Waals surface area contributed by atoms with Crippen molar-refractivity contribution in [2.24, 2.45) is 11.7 Å². The van der Waals surface area contributed by atoms with Gasteiger partial charge in [-0.05, 0) is 31.6 Å². The quantitative estimate of drug-likeness (QED) is 0.668. The van der Waals surface area contributed by atoms with E-state index in [2.05, 4.69) is 0 Å². The Balaban J connectivity index is 1.69. The Bertz CT molecular complexity index is 215. The SMILES string of the molecule is NCC1CCC(C(=O)OCC2CC2)O1. The Labute approximate surface area is 83.7 Å². The van der Waals surface area contributed by atoms with E-state index >= 15 is 0 Å². The maximum Gasteiger partial charge on any atom is 0.335 e. The third kappa shape index (κ3) is 2.45. The van der Waals surface area contributed by atoms with E-state index in [4.69, 9.17) is 15.2 Å². The molecule has 2 N–H and O–H groups in total. The highest BCUT2D eigenvalue weighted by atomic mass is 16.6. The third-order valence-corrected chi connectivity index (χ3v) is 2.79. The molecule has 0 aromatic carbocycles. The fourth-order valence-corrected chi connectivity index (χ4v) is 1.63. The zero-order valence-electron chi connectivity index (χ0n) is 8.28. The minimum atomic E-state index is -0.359. The second-order valence-corrected chi connectivity index (χ2v) is 4.13. The van der Waals surface area contributed by atoms with Gasteiger partial charge in [-0.25, -0.2) is 4.79 Å². The van der Waals surface area contributed by atoms with Crippen molar-refractivity contribution in [2.75, 3.05) is 13.2 Å². The van der Waals surface area contributed by atoms with Crippen LogP contribution in [0.25, 0.3) is 0 Å². The molecule has 0 spiro atoms. The molecule has 0 aromatic rings. The summed E-state index contributed by atoms with van der Waals surface area (Å²) >= 11 is 0. The summed E-state index contributed by atoms with van der Waals surface area (Å²) in [7, 11) is 0. The molecular weight excluding hydrogens is 182 g/mol. The summed E-state index contributed by atoms with van der Waals surface area (Å²) in [6, 6.07) is 0. The minimum Gasteiger partial charge on any atom is -0.463 e. The van der Waals surface area contributed by atoms with Crippen LogP contribution in [0, 0.1) is 5.92 Å². The number of nitrogens with two attached hydrogens (primary N) is 1. The van der Waals surface area contributed by atoms with Crippen LogP contribution in [0.4, 0.5) is 0 Å². The Kier molecular flexibility index (Phi) is 3.03. The van der Waals surface area contributed by atoms with Gasteiger partial charge in [0.1, 0.15) is 0 Å².